The lowest BCUT2D eigenvalue weighted by atomic mass is 10.3. The second-order valence-electron chi connectivity index (χ2n) is 2.52. The van der Waals surface area contributed by atoms with E-state index in [2.05, 4.69) is 4.72 Å². The van der Waals surface area contributed by atoms with Crippen molar-refractivity contribution in [1.82, 2.24) is 4.72 Å². The summed E-state index contributed by atoms with van der Waals surface area (Å²) in [5, 5.41) is 11.0. The van der Waals surface area contributed by atoms with Crippen molar-refractivity contribution in [2.75, 3.05) is 6.54 Å². The number of thiophene rings is 1. The Morgan fingerprint density at radius 3 is 3.08 bits per heavy atom. The number of hydrogen-bond acceptors (Lipinski definition) is 4. The third-order valence-electron chi connectivity index (χ3n) is 1.72. The van der Waals surface area contributed by atoms with Gasteiger partial charge in [0.2, 0.25) is 10.0 Å². The van der Waals surface area contributed by atoms with Crippen LogP contribution in [-0.2, 0) is 10.0 Å². The summed E-state index contributed by atoms with van der Waals surface area (Å²) < 4.78 is 24.8. The smallest absolute Gasteiger partial charge is 0.241 e. The monoisotopic (exact) mass is 205 g/mol. The van der Waals surface area contributed by atoms with E-state index in [1.165, 1.54) is 17.4 Å². The maximum absolute atomic E-state index is 11.3. The molecule has 6 heteroatoms. The average Bonchev–Trinajstić information content (AvgIpc) is 2.46. The highest BCUT2D eigenvalue weighted by Crippen LogP contribution is 2.30. The quantitative estimate of drug-likeness (QED) is 0.630. The Morgan fingerprint density at radius 1 is 1.67 bits per heavy atom. The zero-order chi connectivity index (χ0) is 8.77. The van der Waals surface area contributed by atoms with Crippen LogP contribution in [0, 0.1) is 0 Å². The number of β-amino-alcohol motifs (C(OH)–C–C–N with tert-alkyl or cyclic N) is 1. The Hall–Kier alpha value is -0.430. The molecule has 2 heterocycles. The molecule has 0 aromatic carbocycles. The molecule has 1 aliphatic rings. The number of hydrogen-bond donors (Lipinski definition) is 2. The average molecular weight is 205 g/mol. The zero-order valence-electron chi connectivity index (χ0n) is 6.02. The molecule has 1 aromatic rings. The summed E-state index contributed by atoms with van der Waals surface area (Å²) in [6, 6.07) is 1.50. The van der Waals surface area contributed by atoms with Crippen molar-refractivity contribution in [2.24, 2.45) is 0 Å². The molecule has 0 saturated heterocycles. The maximum atomic E-state index is 11.3. The first-order chi connectivity index (χ1) is 5.61. The minimum Gasteiger partial charge on any atom is -0.386 e. The molecule has 1 atom stereocenters. The van der Waals surface area contributed by atoms with Gasteiger partial charge in [-0.15, -0.1) is 11.3 Å². The zero-order valence-corrected chi connectivity index (χ0v) is 7.65. The molecule has 0 aliphatic carbocycles. The van der Waals surface area contributed by atoms with Gasteiger partial charge in [-0.3, -0.25) is 0 Å². The van der Waals surface area contributed by atoms with Gasteiger partial charge in [-0.2, -0.15) is 0 Å². The fourth-order valence-corrected chi connectivity index (χ4v) is 3.65. The van der Waals surface area contributed by atoms with E-state index in [-0.39, 0.29) is 11.4 Å². The minimum absolute atomic E-state index is 0.0792. The summed E-state index contributed by atoms with van der Waals surface area (Å²) in [7, 11) is -3.33. The van der Waals surface area contributed by atoms with Crippen molar-refractivity contribution in [3.63, 3.8) is 0 Å². The van der Waals surface area contributed by atoms with Crippen LogP contribution in [0.2, 0.25) is 0 Å². The van der Waals surface area contributed by atoms with E-state index in [4.69, 9.17) is 0 Å². The second kappa shape index (κ2) is 2.53. The normalized spacial score (nSPS) is 26.6. The molecular weight excluding hydrogens is 198 g/mol. The van der Waals surface area contributed by atoms with Gasteiger partial charge in [0.05, 0.1) is 9.77 Å². The highest BCUT2D eigenvalue weighted by Gasteiger charge is 2.29. The first-order valence-electron chi connectivity index (χ1n) is 3.36. The molecule has 1 unspecified atom stereocenters. The number of aliphatic hydroxyl groups excluding tert-OH is 1. The lowest BCUT2D eigenvalue weighted by Gasteiger charge is -2.18. The standard InChI is InChI=1S/C6H7NO3S2/c8-4-3-7-12(9,10)5-1-2-11-6(4)5/h1-2,4,7-8H,3H2. The number of nitrogens with one attached hydrogen (secondary N) is 1. The van der Waals surface area contributed by atoms with Crippen LogP contribution in [0.15, 0.2) is 16.3 Å². The van der Waals surface area contributed by atoms with Crippen molar-refractivity contribution in [3.05, 3.63) is 16.3 Å². The largest absolute Gasteiger partial charge is 0.386 e. The van der Waals surface area contributed by atoms with E-state index >= 15 is 0 Å². The molecule has 2 rings (SSSR count). The van der Waals surface area contributed by atoms with Gasteiger partial charge in [0.25, 0.3) is 0 Å². The predicted molar refractivity (Wildman–Crippen MR) is 44.5 cm³/mol. The van der Waals surface area contributed by atoms with Gasteiger partial charge in [-0.1, -0.05) is 0 Å². The fraction of sp³-hybridized carbons (Fsp3) is 0.333. The summed E-state index contributed by atoms with van der Waals surface area (Å²) in [5.74, 6) is 0. The van der Waals surface area contributed by atoms with E-state index in [0.717, 1.165) is 0 Å². The molecule has 0 fully saturated rings. The fourth-order valence-electron chi connectivity index (χ4n) is 1.13. The Morgan fingerprint density at radius 2 is 2.42 bits per heavy atom. The lowest BCUT2D eigenvalue weighted by molar-refractivity contribution is 0.179. The summed E-state index contributed by atoms with van der Waals surface area (Å²) in [6.45, 7) is 0.0792. The maximum Gasteiger partial charge on any atom is 0.241 e. The highest BCUT2D eigenvalue weighted by molar-refractivity contribution is 7.89. The topological polar surface area (TPSA) is 66.4 Å². The van der Waals surface area contributed by atoms with Gasteiger partial charge in [0, 0.05) is 6.54 Å². The van der Waals surface area contributed by atoms with Gasteiger partial charge in [0.1, 0.15) is 6.10 Å². The first-order valence-corrected chi connectivity index (χ1v) is 5.72. The second-order valence-corrected chi connectivity index (χ2v) is 5.20. The Labute approximate surface area is 73.9 Å². The summed E-state index contributed by atoms with van der Waals surface area (Å²) in [4.78, 5) is 0.750. The van der Waals surface area contributed by atoms with E-state index < -0.39 is 16.1 Å². The first kappa shape index (κ1) is 8.18. The van der Waals surface area contributed by atoms with Gasteiger partial charge in [0.15, 0.2) is 0 Å². The van der Waals surface area contributed by atoms with Crippen molar-refractivity contribution < 1.29 is 13.5 Å². The van der Waals surface area contributed by atoms with Crippen LogP contribution in [0.3, 0.4) is 0 Å². The van der Waals surface area contributed by atoms with Crippen molar-refractivity contribution in [2.45, 2.75) is 11.0 Å². The van der Waals surface area contributed by atoms with Crippen LogP contribution >= 0.6 is 11.3 Å². The van der Waals surface area contributed by atoms with E-state index in [9.17, 15) is 13.5 Å². The summed E-state index contributed by atoms with van der Waals surface area (Å²) in [5.41, 5.74) is 0. The molecular formula is C6H7NO3S2. The molecule has 0 saturated carbocycles. The molecule has 0 radical (unpaired) electrons. The number of aliphatic hydroxyl groups is 1. The summed E-state index contributed by atoms with van der Waals surface area (Å²) >= 11 is 1.27. The number of rotatable bonds is 0. The SMILES string of the molecule is O=S1(=O)NCC(O)c2sccc21. The van der Waals surface area contributed by atoms with Gasteiger partial charge < -0.3 is 5.11 Å². The number of sulfonamides is 1. The van der Waals surface area contributed by atoms with Crippen molar-refractivity contribution in [1.29, 1.82) is 0 Å². The number of fused-ring (bicyclic) bond motifs is 1. The molecule has 12 heavy (non-hydrogen) atoms. The van der Waals surface area contributed by atoms with Crippen LogP contribution in [-0.4, -0.2) is 20.1 Å². The summed E-state index contributed by atoms with van der Waals surface area (Å²) in [6.07, 6.45) is -0.691. The van der Waals surface area contributed by atoms with Gasteiger partial charge in [-0.05, 0) is 11.4 Å². The predicted octanol–water partition coefficient (Wildman–Crippen LogP) is 0.0734. The van der Waals surface area contributed by atoms with Gasteiger partial charge in [-0.25, -0.2) is 13.1 Å². The van der Waals surface area contributed by atoms with E-state index in [1.807, 2.05) is 0 Å². The molecule has 66 valence electrons. The van der Waals surface area contributed by atoms with Crippen LogP contribution < -0.4 is 4.72 Å². The van der Waals surface area contributed by atoms with Gasteiger partial charge >= 0.3 is 0 Å². The molecule has 4 nitrogen and oxygen atoms in total. The molecule has 2 N–H and O–H groups in total. The Bertz CT molecular complexity index is 395. The third kappa shape index (κ3) is 1.08. The molecule has 1 aliphatic heterocycles. The molecule has 1 aromatic heterocycles. The van der Waals surface area contributed by atoms with Crippen LogP contribution in [0.25, 0.3) is 0 Å². The van der Waals surface area contributed by atoms with Crippen molar-refractivity contribution in [3.8, 4) is 0 Å². The third-order valence-corrected chi connectivity index (χ3v) is 4.35. The Balaban J connectivity index is 2.65. The van der Waals surface area contributed by atoms with Crippen LogP contribution in [0.1, 0.15) is 11.0 Å². The van der Waals surface area contributed by atoms with Crippen LogP contribution in [0.5, 0.6) is 0 Å². The highest BCUT2D eigenvalue weighted by atomic mass is 32.2. The van der Waals surface area contributed by atoms with E-state index in [0.29, 0.717) is 4.88 Å². The lowest BCUT2D eigenvalue weighted by Crippen LogP contribution is -2.33. The molecule has 0 spiro atoms. The molecule has 0 bridgehead atoms. The minimum atomic E-state index is -3.33. The van der Waals surface area contributed by atoms with Crippen LogP contribution in [0.4, 0.5) is 0 Å². The van der Waals surface area contributed by atoms with Crippen molar-refractivity contribution >= 4 is 21.4 Å². The molecule has 0 amide bonds. The van der Waals surface area contributed by atoms with E-state index in [1.54, 1.807) is 5.38 Å². The Kier molecular flexibility index (Phi) is 1.72.